The fourth-order valence-corrected chi connectivity index (χ4v) is 1.22. The number of halogens is 1. The van der Waals surface area contributed by atoms with Crippen molar-refractivity contribution in [3.05, 3.63) is 0 Å². The highest BCUT2D eigenvalue weighted by Gasteiger charge is 2.28. The Labute approximate surface area is 85.8 Å². The molecule has 84 valence electrons. The van der Waals surface area contributed by atoms with E-state index in [4.69, 9.17) is 4.74 Å². The van der Waals surface area contributed by atoms with Crippen molar-refractivity contribution in [2.75, 3.05) is 0 Å². The zero-order valence-electron chi connectivity index (χ0n) is 9.76. The maximum absolute atomic E-state index is 13.1. The molecule has 3 heteroatoms. The maximum atomic E-state index is 13.1. The number of carbonyl (C=O) groups excluding carboxylic acids is 1. The van der Waals surface area contributed by atoms with Crippen molar-refractivity contribution >= 4 is 5.97 Å². The Morgan fingerprint density at radius 2 is 1.93 bits per heavy atom. The number of esters is 1. The van der Waals surface area contributed by atoms with Gasteiger partial charge in [-0.15, -0.1) is 0 Å². The molecule has 0 radical (unpaired) electrons. The summed E-state index contributed by atoms with van der Waals surface area (Å²) in [6.45, 7) is 8.70. The van der Waals surface area contributed by atoms with Gasteiger partial charge in [0.1, 0.15) is 11.8 Å². The minimum absolute atomic E-state index is 0.422. The lowest BCUT2D eigenvalue weighted by Gasteiger charge is -2.24. The molecule has 0 aliphatic carbocycles. The molecule has 2 nitrogen and oxygen atoms in total. The molecule has 14 heavy (non-hydrogen) atoms. The second kappa shape index (κ2) is 5.32. The largest absolute Gasteiger partial charge is 0.460 e. The summed E-state index contributed by atoms with van der Waals surface area (Å²) < 4.78 is 18.2. The monoisotopic (exact) mass is 204 g/mol. The van der Waals surface area contributed by atoms with Crippen LogP contribution in [0.2, 0.25) is 0 Å². The van der Waals surface area contributed by atoms with E-state index in [1.54, 1.807) is 20.8 Å². The normalized spacial score (nSPS) is 16.1. The molecular weight excluding hydrogens is 183 g/mol. The van der Waals surface area contributed by atoms with E-state index in [2.05, 4.69) is 0 Å². The zero-order valence-corrected chi connectivity index (χ0v) is 9.76. The van der Waals surface area contributed by atoms with Crippen LogP contribution in [0.4, 0.5) is 4.39 Å². The standard InChI is InChI=1S/C11H21FO2/c1-6-7-9(8(2)12)10(13)14-11(3,4)5/h8-9H,6-7H2,1-5H3. The Balaban J connectivity index is 4.30. The van der Waals surface area contributed by atoms with Gasteiger partial charge in [0, 0.05) is 0 Å². The molecule has 0 aromatic rings. The van der Waals surface area contributed by atoms with Crippen LogP contribution < -0.4 is 0 Å². The summed E-state index contributed by atoms with van der Waals surface area (Å²) in [6.07, 6.45) is 0.204. The molecule has 0 N–H and O–H groups in total. The Bertz CT molecular complexity index is 182. The smallest absolute Gasteiger partial charge is 0.312 e. The molecule has 0 bridgehead atoms. The first-order valence-electron chi connectivity index (χ1n) is 5.15. The van der Waals surface area contributed by atoms with Crippen molar-refractivity contribution in [1.29, 1.82) is 0 Å². The third-order valence-corrected chi connectivity index (χ3v) is 1.86. The van der Waals surface area contributed by atoms with Crippen LogP contribution in [0.25, 0.3) is 0 Å². The first kappa shape index (κ1) is 13.4. The van der Waals surface area contributed by atoms with E-state index in [1.807, 2.05) is 6.92 Å². The molecule has 0 saturated carbocycles. The van der Waals surface area contributed by atoms with Crippen molar-refractivity contribution in [2.24, 2.45) is 5.92 Å². The molecule has 0 heterocycles. The Morgan fingerprint density at radius 1 is 1.43 bits per heavy atom. The van der Waals surface area contributed by atoms with Gasteiger partial charge in [-0.05, 0) is 34.1 Å². The van der Waals surface area contributed by atoms with Crippen molar-refractivity contribution < 1.29 is 13.9 Å². The summed E-state index contributed by atoms with van der Waals surface area (Å²) in [5.41, 5.74) is -0.530. The average Bonchev–Trinajstić information content (AvgIpc) is 1.95. The Hall–Kier alpha value is -0.600. The van der Waals surface area contributed by atoms with E-state index in [9.17, 15) is 9.18 Å². The zero-order chi connectivity index (χ0) is 11.4. The average molecular weight is 204 g/mol. The van der Waals surface area contributed by atoms with Gasteiger partial charge >= 0.3 is 5.97 Å². The highest BCUT2D eigenvalue weighted by atomic mass is 19.1. The number of alkyl halides is 1. The molecule has 0 aliphatic rings. The SMILES string of the molecule is CCCC(C(=O)OC(C)(C)C)C(C)F. The van der Waals surface area contributed by atoms with Crippen LogP contribution in [0, 0.1) is 5.92 Å². The van der Waals surface area contributed by atoms with Crippen molar-refractivity contribution in [2.45, 2.75) is 59.2 Å². The third-order valence-electron chi connectivity index (χ3n) is 1.86. The second-order valence-corrected chi connectivity index (χ2v) is 4.61. The fourth-order valence-electron chi connectivity index (χ4n) is 1.22. The summed E-state index contributed by atoms with van der Waals surface area (Å²) in [6, 6.07) is 0. The molecule has 2 atom stereocenters. The lowest BCUT2D eigenvalue weighted by molar-refractivity contribution is -0.162. The number of hydrogen-bond acceptors (Lipinski definition) is 2. The van der Waals surface area contributed by atoms with Crippen molar-refractivity contribution in [1.82, 2.24) is 0 Å². The van der Waals surface area contributed by atoms with Crippen LogP contribution in [0.3, 0.4) is 0 Å². The van der Waals surface area contributed by atoms with Crippen molar-refractivity contribution in [3.8, 4) is 0 Å². The Morgan fingerprint density at radius 3 is 2.21 bits per heavy atom. The lowest BCUT2D eigenvalue weighted by Crippen LogP contribution is -2.32. The van der Waals surface area contributed by atoms with Crippen LogP contribution in [0.1, 0.15) is 47.5 Å². The van der Waals surface area contributed by atoms with Gasteiger partial charge in [-0.3, -0.25) is 4.79 Å². The summed E-state index contributed by atoms with van der Waals surface area (Å²) in [4.78, 5) is 11.5. The van der Waals surface area contributed by atoms with Gasteiger partial charge in [0.15, 0.2) is 0 Å². The Kier molecular flexibility index (Phi) is 5.09. The minimum atomic E-state index is -1.13. The molecule has 0 saturated heterocycles. The number of carbonyl (C=O) groups is 1. The van der Waals surface area contributed by atoms with E-state index < -0.39 is 23.7 Å². The first-order valence-corrected chi connectivity index (χ1v) is 5.15. The van der Waals surface area contributed by atoms with Gasteiger partial charge in [-0.1, -0.05) is 13.3 Å². The van der Waals surface area contributed by atoms with Gasteiger partial charge in [0.05, 0.1) is 5.92 Å². The van der Waals surface area contributed by atoms with Crippen LogP contribution >= 0.6 is 0 Å². The molecule has 0 rings (SSSR count). The summed E-state index contributed by atoms with van der Waals surface area (Å²) in [5, 5.41) is 0. The number of rotatable bonds is 4. The fraction of sp³-hybridized carbons (Fsp3) is 0.909. The van der Waals surface area contributed by atoms with Crippen LogP contribution in [-0.4, -0.2) is 17.7 Å². The highest BCUT2D eigenvalue weighted by molar-refractivity contribution is 5.73. The van der Waals surface area contributed by atoms with Gasteiger partial charge in [0.2, 0.25) is 0 Å². The summed E-state index contributed by atoms with van der Waals surface area (Å²) in [7, 11) is 0. The molecular formula is C11H21FO2. The van der Waals surface area contributed by atoms with E-state index in [1.165, 1.54) is 6.92 Å². The number of hydrogen-bond donors (Lipinski definition) is 0. The van der Waals surface area contributed by atoms with Gasteiger partial charge in [0.25, 0.3) is 0 Å². The predicted octanol–water partition coefficient (Wildman–Crippen LogP) is 3.10. The molecule has 0 aromatic carbocycles. The van der Waals surface area contributed by atoms with Crippen LogP contribution in [0.15, 0.2) is 0 Å². The van der Waals surface area contributed by atoms with Gasteiger partial charge in [-0.25, -0.2) is 4.39 Å². The number of ether oxygens (including phenoxy) is 1. The quantitative estimate of drug-likeness (QED) is 0.658. The molecule has 0 spiro atoms. The topological polar surface area (TPSA) is 26.3 Å². The minimum Gasteiger partial charge on any atom is -0.460 e. The van der Waals surface area contributed by atoms with E-state index >= 15 is 0 Å². The predicted molar refractivity (Wildman–Crippen MR) is 54.8 cm³/mol. The van der Waals surface area contributed by atoms with Crippen LogP contribution in [-0.2, 0) is 9.53 Å². The molecule has 0 fully saturated rings. The van der Waals surface area contributed by atoms with Crippen molar-refractivity contribution in [3.63, 3.8) is 0 Å². The van der Waals surface area contributed by atoms with E-state index in [0.29, 0.717) is 6.42 Å². The van der Waals surface area contributed by atoms with Crippen LogP contribution in [0.5, 0.6) is 0 Å². The highest BCUT2D eigenvalue weighted by Crippen LogP contribution is 2.19. The molecule has 0 aromatic heterocycles. The lowest BCUT2D eigenvalue weighted by atomic mass is 9.99. The van der Waals surface area contributed by atoms with E-state index in [0.717, 1.165) is 6.42 Å². The second-order valence-electron chi connectivity index (χ2n) is 4.61. The maximum Gasteiger partial charge on any atom is 0.312 e. The molecule has 0 amide bonds. The summed E-state index contributed by atoms with van der Waals surface area (Å²) >= 11 is 0. The molecule has 2 unspecified atom stereocenters. The first-order chi connectivity index (χ1) is 6.28. The summed E-state index contributed by atoms with van der Waals surface area (Å²) in [5.74, 6) is -1.03. The van der Waals surface area contributed by atoms with Gasteiger partial charge < -0.3 is 4.74 Å². The third kappa shape index (κ3) is 5.20. The molecule has 0 aliphatic heterocycles. The van der Waals surface area contributed by atoms with E-state index in [-0.39, 0.29) is 0 Å². The van der Waals surface area contributed by atoms with Gasteiger partial charge in [-0.2, -0.15) is 0 Å².